The molecule has 0 atom stereocenters. The molecule has 1 aliphatic carbocycles. The van der Waals surface area contributed by atoms with E-state index in [-0.39, 0.29) is 0 Å². The number of aliphatic hydroxyl groups is 1. The van der Waals surface area contributed by atoms with E-state index >= 15 is 0 Å². The second-order valence-electron chi connectivity index (χ2n) is 7.17. The number of fused-ring (bicyclic) bond motifs is 2. The molecule has 1 N–H and O–H groups in total. The average Bonchev–Trinajstić information content (AvgIpc) is 3.17. The third-order valence-corrected chi connectivity index (χ3v) is 5.51. The lowest BCUT2D eigenvalue weighted by Crippen LogP contribution is -2.34. The van der Waals surface area contributed by atoms with Gasteiger partial charge in [-0.25, -0.2) is 4.68 Å². The van der Waals surface area contributed by atoms with Gasteiger partial charge in [0.25, 0.3) is 0 Å². The summed E-state index contributed by atoms with van der Waals surface area (Å²) in [5.74, 6) is 0.443. The second-order valence-corrected chi connectivity index (χ2v) is 7.17. The van der Waals surface area contributed by atoms with Crippen molar-refractivity contribution in [2.45, 2.75) is 25.0 Å². The summed E-state index contributed by atoms with van der Waals surface area (Å²) in [6.45, 7) is 0.496. The quantitative estimate of drug-likeness (QED) is 0.604. The maximum Gasteiger partial charge on any atom is 0.192 e. The zero-order valence-corrected chi connectivity index (χ0v) is 15.4. The van der Waals surface area contributed by atoms with Gasteiger partial charge in [0.2, 0.25) is 0 Å². The van der Waals surface area contributed by atoms with Gasteiger partial charge >= 0.3 is 0 Å². The predicted octanol–water partition coefficient (Wildman–Crippen LogP) is 3.10. The van der Waals surface area contributed by atoms with Crippen molar-refractivity contribution in [2.24, 2.45) is 0 Å². The molecule has 0 bridgehead atoms. The summed E-state index contributed by atoms with van der Waals surface area (Å²) in [5.41, 5.74) is 3.62. The van der Waals surface area contributed by atoms with Crippen LogP contribution in [0.4, 0.5) is 0 Å². The van der Waals surface area contributed by atoms with Gasteiger partial charge in [-0.05, 0) is 51.1 Å². The number of nitrogens with zero attached hydrogens (tertiary/aromatic N) is 4. The van der Waals surface area contributed by atoms with Gasteiger partial charge in [0.1, 0.15) is 0 Å². The SMILES string of the molecule is OC1(c2nnnn2Cc2ccccc2)c2ccccc2CCc2ccccc21. The van der Waals surface area contributed by atoms with Crippen molar-refractivity contribution >= 4 is 0 Å². The molecular weight excluding hydrogens is 348 g/mol. The smallest absolute Gasteiger partial charge is 0.192 e. The van der Waals surface area contributed by atoms with Crippen LogP contribution in [0.1, 0.15) is 33.6 Å². The Labute approximate surface area is 163 Å². The molecule has 138 valence electrons. The zero-order chi connectivity index (χ0) is 19.0. The molecule has 5 heteroatoms. The highest BCUT2D eigenvalue weighted by molar-refractivity contribution is 5.51. The topological polar surface area (TPSA) is 63.8 Å². The first kappa shape index (κ1) is 16.8. The number of benzene rings is 3. The molecule has 5 nitrogen and oxygen atoms in total. The fourth-order valence-corrected chi connectivity index (χ4v) is 4.16. The van der Waals surface area contributed by atoms with Crippen molar-refractivity contribution < 1.29 is 5.11 Å². The molecule has 4 aromatic rings. The summed E-state index contributed by atoms with van der Waals surface area (Å²) < 4.78 is 1.70. The van der Waals surface area contributed by atoms with E-state index in [9.17, 15) is 5.11 Å². The molecule has 0 aliphatic heterocycles. The van der Waals surface area contributed by atoms with E-state index < -0.39 is 5.60 Å². The van der Waals surface area contributed by atoms with Gasteiger partial charge in [-0.3, -0.25) is 0 Å². The van der Waals surface area contributed by atoms with E-state index in [2.05, 4.69) is 27.7 Å². The molecule has 0 amide bonds. The Morgan fingerprint density at radius 1 is 0.786 bits per heavy atom. The van der Waals surface area contributed by atoms with Crippen LogP contribution in [0.5, 0.6) is 0 Å². The highest BCUT2D eigenvalue weighted by Gasteiger charge is 2.43. The minimum atomic E-state index is -1.40. The van der Waals surface area contributed by atoms with Crippen molar-refractivity contribution in [3.8, 4) is 0 Å². The molecule has 1 aliphatic rings. The lowest BCUT2D eigenvalue weighted by molar-refractivity contribution is 0.109. The molecule has 0 unspecified atom stereocenters. The molecule has 5 rings (SSSR count). The molecule has 3 aromatic carbocycles. The van der Waals surface area contributed by atoms with Gasteiger partial charge in [-0.15, -0.1) is 5.10 Å². The molecule has 0 radical (unpaired) electrons. The summed E-state index contributed by atoms with van der Waals surface area (Å²) in [5, 5.41) is 24.6. The zero-order valence-electron chi connectivity index (χ0n) is 15.4. The van der Waals surface area contributed by atoms with Crippen LogP contribution in [0, 0.1) is 0 Å². The van der Waals surface area contributed by atoms with E-state index in [1.807, 2.05) is 66.7 Å². The summed E-state index contributed by atoms with van der Waals surface area (Å²) in [7, 11) is 0. The Hall–Kier alpha value is -3.31. The van der Waals surface area contributed by atoms with Gasteiger partial charge in [-0.2, -0.15) is 0 Å². The largest absolute Gasteiger partial charge is 0.373 e. The molecule has 28 heavy (non-hydrogen) atoms. The van der Waals surface area contributed by atoms with Crippen molar-refractivity contribution in [1.29, 1.82) is 0 Å². The normalized spacial score (nSPS) is 14.8. The fraction of sp³-hybridized carbons (Fsp3) is 0.174. The second kappa shape index (κ2) is 6.69. The van der Waals surface area contributed by atoms with E-state index in [4.69, 9.17) is 0 Å². The average molecular weight is 368 g/mol. The third-order valence-electron chi connectivity index (χ3n) is 5.51. The minimum Gasteiger partial charge on any atom is -0.373 e. The monoisotopic (exact) mass is 368 g/mol. The number of hydrogen-bond donors (Lipinski definition) is 1. The van der Waals surface area contributed by atoms with Gasteiger partial charge in [0.05, 0.1) is 6.54 Å². The highest BCUT2D eigenvalue weighted by atomic mass is 16.3. The van der Waals surface area contributed by atoms with E-state index in [1.54, 1.807) is 4.68 Å². The molecule has 0 saturated carbocycles. The van der Waals surface area contributed by atoms with Crippen molar-refractivity contribution in [3.05, 3.63) is 113 Å². The number of rotatable bonds is 3. The number of aromatic nitrogens is 4. The van der Waals surface area contributed by atoms with Gasteiger partial charge < -0.3 is 5.11 Å². The van der Waals surface area contributed by atoms with Crippen LogP contribution < -0.4 is 0 Å². The first-order chi connectivity index (χ1) is 13.8. The molecule has 0 spiro atoms. The number of tetrazole rings is 1. The fourth-order valence-electron chi connectivity index (χ4n) is 4.16. The van der Waals surface area contributed by atoms with Crippen LogP contribution >= 0.6 is 0 Å². The van der Waals surface area contributed by atoms with E-state index in [0.29, 0.717) is 12.4 Å². The Kier molecular flexibility index (Phi) is 4.02. The Balaban J connectivity index is 1.73. The maximum absolute atomic E-state index is 12.2. The Morgan fingerprint density at radius 3 is 2.00 bits per heavy atom. The molecule has 0 saturated heterocycles. The van der Waals surface area contributed by atoms with Gasteiger partial charge in [0.15, 0.2) is 11.4 Å². The lowest BCUT2D eigenvalue weighted by Gasteiger charge is -2.29. The first-order valence-electron chi connectivity index (χ1n) is 9.46. The third kappa shape index (κ3) is 2.63. The predicted molar refractivity (Wildman–Crippen MR) is 106 cm³/mol. The van der Waals surface area contributed by atoms with Crippen molar-refractivity contribution in [2.75, 3.05) is 0 Å². The summed E-state index contributed by atoms with van der Waals surface area (Å²) in [6, 6.07) is 26.1. The van der Waals surface area contributed by atoms with Crippen LogP contribution in [0.2, 0.25) is 0 Å². The van der Waals surface area contributed by atoms with Crippen LogP contribution in [-0.4, -0.2) is 25.3 Å². The summed E-state index contributed by atoms with van der Waals surface area (Å²) in [6.07, 6.45) is 1.74. The first-order valence-corrected chi connectivity index (χ1v) is 9.46. The van der Waals surface area contributed by atoms with Crippen LogP contribution in [0.3, 0.4) is 0 Å². The highest BCUT2D eigenvalue weighted by Crippen LogP contribution is 2.41. The molecular formula is C23H20N4O. The minimum absolute atomic E-state index is 0.443. The van der Waals surface area contributed by atoms with Crippen LogP contribution in [0.25, 0.3) is 0 Å². The van der Waals surface area contributed by atoms with Crippen LogP contribution in [-0.2, 0) is 25.0 Å². The Bertz CT molecular complexity index is 1070. The summed E-state index contributed by atoms with van der Waals surface area (Å²) >= 11 is 0. The Morgan fingerprint density at radius 2 is 1.36 bits per heavy atom. The number of aryl methyl sites for hydroxylation is 2. The standard InChI is InChI=1S/C23H20N4O/c28-23(22-24-25-26-27(22)16-17-8-2-1-3-9-17)20-12-6-4-10-18(20)14-15-19-11-5-7-13-21(19)23/h1-13,28H,14-16H2. The number of hydrogen-bond acceptors (Lipinski definition) is 4. The van der Waals surface area contributed by atoms with E-state index in [0.717, 1.165) is 40.7 Å². The lowest BCUT2D eigenvalue weighted by atomic mass is 9.82. The summed E-state index contributed by atoms with van der Waals surface area (Å²) in [4.78, 5) is 0. The maximum atomic E-state index is 12.2. The van der Waals surface area contributed by atoms with Crippen LogP contribution in [0.15, 0.2) is 78.9 Å². The molecule has 1 heterocycles. The van der Waals surface area contributed by atoms with Crippen molar-refractivity contribution in [1.82, 2.24) is 20.2 Å². The van der Waals surface area contributed by atoms with Gasteiger partial charge in [-0.1, -0.05) is 78.9 Å². The van der Waals surface area contributed by atoms with E-state index in [1.165, 1.54) is 0 Å². The van der Waals surface area contributed by atoms with Crippen molar-refractivity contribution in [3.63, 3.8) is 0 Å². The molecule has 1 aromatic heterocycles. The van der Waals surface area contributed by atoms with Gasteiger partial charge in [0, 0.05) is 0 Å². The molecule has 0 fully saturated rings.